The lowest BCUT2D eigenvalue weighted by Crippen LogP contribution is -2.42. The maximum Gasteiger partial charge on any atom is 0.228 e. The lowest BCUT2D eigenvalue weighted by Gasteiger charge is -2.28. The average Bonchev–Trinajstić information content (AvgIpc) is 3.25. The molecule has 1 fully saturated rings. The summed E-state index contributed by atoms with van der Waals surface area (Å²) in [6.07, 6.45) is 2.41. The first kappa shape index (κ1) is 16.9. The Labute approximate surface area is 149 Å². The minimum Gasteiger partial charge on any atom is -0.338 e. The standard InChI is InChI=1S/C16H20ClN3OS2/c1-2-7-20(12-5-6-18-9-12)15(21)8-11-10-22-16(19-11)13-3-4-14(17)23-13/h3-4,10,12,18H,2,5-9H2,1H3. The van der Waals surface area contributed by atoms with Gasteiger partial charge in [0.05, 0.1) is 21.3 Å². The molecular formula is C16H20ClN3OS2. The molecule has 2 aromatic heterocycles. The van der Waals surface area contributed by atoms with Crippen LogP contribution in [0.15, 0.2) is 17.5 Å². The average molecular weight is 370 g/mol. The van der Waals surface area contributed by atoms with E-state index in [9.17, 15) is 4.79 Å². The molecule has 124 valence electrons. The molecule has 0 saturated carbocycles. The van der Waals surface area contributed by atoms with Crippen LogP contribution in [0.5, 0.6) is 0 Å². The Kier molecular flexibility index (Phi) is 5.69. The maximum atomic E-state index is 12.7. The fourth-order valence-electron chi connectivity index (χ4n) is 2.84. The molecule has 23 heavy (non-hydrogen) atoms. The number of thiazole rings is 1. The van der Waals surface area contributed by atoms with Gasteiger partial charge in [0.1, 0.15) is 5.01 Å². The molecule has 0 bridgehead atoms. The van der Waals surface area contributed by atoms with Crippen molar-refractivity contribution in [3.63, 3.8) is 0 Å². The van der Waals surface area contributed by atoms with Gasteiger partial charge < -0.3 is 10.2 Å². The second kappa shape index (κ2) is 7.75. The summed E-state index contributed by atoms with van der Waals surface area (Å²) in [5.74, 6) is 0.182. The van der Waals surface area contributed by atoms with E-state index in [1.54, 1.807) is 11.3 Å². The van der Waals surface area contributed by atoms with Gasteiger partial charge in [0.15, 0.2) is 0 Å². The zero-order valence-electron chi connectivity index (χ0n) is 13.0. The van der Waals surface area contributed by atoms with Gasteiger partial charge in [0.25, 0.3) is 0 Å². The van der Waals surface area contributed by atoms with Gasteiger partial charge in [-0.15, -0.1) is 22.7 Å². The van der Waals surface area contributed by atoms with Crippen molar-refractivity contribution in [1.82, 2.24) is 15.2 Å². The Morgan fingerprint density at radius 1 is 1.52 bits per heavy atom. The van der Waals surface area contributed by atoms with Crippen LogP contribution in [0.1, 0.15) is 25.5 Å². The third-order valence-corrected chi connectivity index (χ3v) is 6.22. The third kappa shape index (κ3) is 4.12. The van der Waals surface area contributed by atoms with Crippen molar-refractivity contribution in [2.75, 3.05) is 19.6 Å². The molecule has 0 aliphatic carbocycles. The number of amides is 1. The summed E-state index contributed by atoms with van der Waals surface area (Å²) < 4.78 is 0.760. The first-order valence-electron chi connectivity index (χ1n) is 7.87. The van der Waals surface area contributed by atoms with Crippen molar-refractivity contribution in [3.05, 3.63) is 27.5 Å². The number of rotatable bonds is 6. The highest BCUT2D eigenvalue weighted by Gasteiger charge is 2.26. The molecule has 0 radical (unpaired) electrons. The molecule has 1 saturated heterocycles. The maximum absolute atomic E-state index is 12.7. The van der Waals surface area contributed by atoms with Crippen LogP contribution < -0.4 is 5.32 Å². The van der Waals surface area contributed by atoms with Crippen molar-refractivity contribution in [2.24, 2.45) is 0 Å². The van der Waals surface area contributed by atoms with Crippen LogP contribution in [0.4, 0.5) is 0 Å². The summed E-state index contributed by atoms with van der Waals surface area (Å²) in [7, 11) is 0. The molecule has 7 heteroatoms. The molecule has 1 atom stereocenters. The summed E-state index contributed by atoms with van der Waals surface area (Å²) >= 11 is 9.07. The van der Waals surface area contributed by atoms with Gasteiger partial charge in [-0.3, -0.25) is 4.79 Å². The lowest BCUT2D eigenvalue weighted by atomic mass is 10.2. The summed E-state index contributed by atoms with van der Waals surface area (Å²) in [6, 6.07) is 4.19. The Bertz CT molecular complexity index is 664. The molecule has 1 N–H and O–H groups in total. The number of aromatic nitrogens is 1. The first-order chi connectivity index (χ1) is 11.2. The van der Waals surface area contributed by atoms with Crippen molar-refractivity contribution < 1.29 is 4.79 Å². The highest BCUT2D eigenvalue weighted by Crippen LogP contribution is 2.33. The van der Waals surface area contributed by atoms with Crippen LogP contribution in [-0.4, -0.2) is 41.5 Å². The van der Waals surface area contributed by atoms with Crippen molar-refractivity contribution >= 4 is 40.2 Å². The van der Waals surface area contributed by atoms with Gasteiger partial charge in [-0.2, -0.15) is 0 Å². The Balaban J connectivity index is 1.67. The lowest BCUT2D eigenvalue weighted by molar-refractivity contribution is -0.132. The molecule has 1 aliphatic rings. The van der Waals surface area contributed by atoms with E-state index in [0.29, 0.717) is 12.5 Å². The molecule has 3 rings (SSSR count). The fourth-order valence-corrected chi connectivity index (χ4v) is 4.78. The number of hydrogen-bond donors (Lipinski definition) is 1. The molecule has 4 nitrogen and oxygen atoms in total. The van der Waals surface area contributed by atoms with Crippen LogP contribution >= 0.6 is 34.3 Å². The Morgan fingerprint density at radius 2 is 2.39 bits per heavy atom. The van der Waals surface area contributed by atoms with E-state index in [-0.39, 0.29) is 5.91 Å². The van der Waals surface area contributed by atoms with E-state index in [0.717, 1.165) is 52.4 Å². The largest absolute Gasteiger partial charge is 0.338 e. The predicted molar refractivity (Wildman–Crippen MR) is 97.4 cm³/mol. The van der Waals surface area contributed by atoms with E-state index < -0.39 is 0 Å². The Morgan fingerprint density at radius 3 is 3.04 bits per heavy atom. The smallest absolute Gasteiger partial charge is 0.228 e. The van der Waals surface area contributed by atoms with Crippen LogP contribution in [0, 0.1) is 0 Å². The normalized spacial score (nSPS) is 17.6. The van der Waals surface area contributed by atoms with E-state index in [1.165, 1.54) is 11.3 Å². The van der Waals surface area contributed by atoms with Crippen LogP contribution in [0.2, 0.25) is 4.34 Å². The molecule has 3 heterocycles. The summed E-state index contributed by atoms with van der Waals surface area (Å²) in [5.41, 5.74) is 0.853. The highest BCUT2D eigenvalue weighted by atomic mass is 35.5. The molecule has 0 spiro atoms. The SMILES string of the molecule is CCCN(C(=O)Cc1csc(-c2ccc(Cl)s2)n1)C1CCNC1. The van der Waals surface area contributed by atoms with Crippen LogP contribution in [0.25, 0.3) is 9.88 Å². The topological polar surface area (TPSA) is 45.2 Å². The van der Waals surface area contributed by atoms with Gasteiger partial charge >= 0.3 is 0 Å². The Hall–Kier alpha value is -0.950. The molecule has 0 aromatic carbocycles. The van der Waals surface area contributed by atoms with Crippen LogP contribution in [-0.2, 0) is 11.2 Å². The summed E-state index contributed by atoms with van der Waals surface area (Å²) in [6.45, 7) is 4.84. The number of carbonyl (C=O) groups is 1. The van der Waals surface area contributed by atoms with Crippen molar-refractivity contribution in [2.45, 2.75) is 32.2 Å². The van der Waals surface area contributed by atoms with Gasteiger partial charge in [0.2, 0.25) is 5.91 Å². The fraction of sp³-hybridized carbons (Fsp3) is 0.500. The second-order valence-corrected chi connectivity index (χ2v) is 8.23. The predicted octanol–water partition coefficient (Wildman–Crippen LogP) is 3.67. The third-order valence-electron chi connectivity index (χ3n) is 3.93. The highest BCUT2D eigenvalue weighted by molar-refractivity contribution is 7.23. The minimum absolute atomic E-state index is 0.182. The van der Waals surface area contributed by atoms with Gasteiger partial charge in [-0.25, -0.2) is 4.98 Å². The molecule has 1 unspecified atom stereocenters. The van der Waals surface area contributed by atoms with Gasteiger partial charge in [-0.1, -0.05) is 18.5 Å². The molecule has 1 amide bonds. The summed E-state index contributed by atoms with van der Waals surface area (Å²) in [4.78, 5) is 20.4. The second-order valence-electron chi connectivity index (χ2n) is 5.66. The number of nitrogens with zero attached hydrogens (tertiary/aromatic N) is 2. The molecular weight excluding hydrogens is 350 g/mol. The van der Waals surface area contributed by atoms with E-state index in [2.05, 4.69) is 17.2 Å². The summed E-state index contributed by atoms with van der Waals surface area (Å²) in [5, 5.41) is 6.26. The van der Waals surface area contributed by atoms with Crippen molar-refractivity contribution in [3.8, 4) is 9.88 Å². The number of halogens is 1. The number of carbonyl (C=O) groups excluding carboxylic acids is 1. The van der Waals surface area contributed by atoms with Gasteiger partial charge in [0, 0.05) is 24.5 Å². The number of thiophene rings is 1. The zero-order valence-corrected chi connectivity index (χ0v) is 15.4. The van der Waals surface area contributed by atoms with Crippen molar-refractivity contribution in [1.29, 1.82) is 0 Å². The monoisotopic (exact) mass is 369 g/mol. The van der Waals surface area contributed by atoms with Gasteiger partial charge in [-0.05, 0) is 31.5 Å². The first-order valence-corrected chi connectivity index (χ1v) is 9.95. The van der Waals surface area contributed by atoms with Crippen LogP contribution in [0.3, 0.4) is 0 Å². The quantitative estimate of drug-likeness (QED) is 0.845. The van der Waals surface area contributed by atoms with E-state index >= 15 is 0 Å². The van der Waals surface area contributed by atoms with E-state index in [4.69, 9.17) is 11.6 Å². The molecule has 1 aliphatic heterocycles. The number of hydrogen-bond acceptors (Lipinski definition) is 5. The zero-order chi connectivity index (χ0) is 16.2. The van der Waals surface area contributed by atoms with E-state index in [1.807, 2.05) is 22.4 Å². The molecule has 2 aromatic rings. The minimum atomic E-state index is 0.182. The number of nitrogens with one attached hydrogen (secondary N) is 1.